The second-order valence-corrected chi connectivity index (χ2v) is 4.69. The second kappa shape index (κ2) is 8.11. The third kappa shape index (κ3) is 5.07. The highest BCUT2D eigenvalue weighted by Gasteiger charge is 2.14. The van der Waals surface area contributed by atoms with Crippen LogP contribution in [0.25, 0.3) is 0 Å². The normalized spacial score (nSPS) is 19.0. The van der Waals surface area contributed by atoms with Crippen molar-refractivity contribution in [3.8, 4) is 5.75 Å². The van der Waals surface area contributed by atoms with E-state index in [-0.39, 0.29) is 0 Å². The lowest BCUT2D eigenvalue weighted by Gasteiger charge is -2.10. The van der Waals surface area contributed by atoms with E-state index in [1.165, 1.54) is 25.7 Å². The molecule has 0 aromatic heterocycles. The monoisotopic (exact) mass is 249 g/mol. The van der Waals surface area contributed by atoms with Crippen LogP contribution in [0.5, 0.6) is 5.75 Å². The first kappa shape index (κ1) is 13.4. The maximum absolute atomic E-state index is 5.60. The van der Waals surface area contributed by atoms with Gasteiger partial charge < -0.3 is 14.8 Å². The van der Waals surface area contributed by atoms with Gasteiger partial charge in [-0.3, -0.25) is 0 Å². The van der Waals surface area contributed by atoms with Gasteiger partial charge in [-0.25, -0.2) is 0 Å². The van der Waals surface area contributed by atoms with Gasteiger partial charge in [-0.15, -0.1) is 0 Å². The average Bonchev–Trinajstić information content (AvgIpc) is 2.92. The second-order valence-electron chi connectivity index (χ2n) is 4.69. The van der Waals surface area contributed by atoms with Gasteiger partial charge in [-0.05, 0) is 44.4 Å². The summed E-state index contributed by atoms with van der Waals surface area (Å²) in [6, 6.07) is 9.94. The fraction of sp³-hybridized carbons (Fsp3) is 0.600. The van der Waals surface area contributed by atoms with Crippen molar-refractivity contribution in [2.75, 3.05) is 26.3 Å². The van der Waals surface area contributed by atoms with Gasteiger partial charge in [0.2, 0.25) is 0 Å². The molecule has 0 radical (unpaired) electrons. The summed E-state index contributed by atoms with van der Waals surface area (Å²) in [6.07, 6.45) is 5.38. The number of hydrogen-bond donors (Lipinski definition) is 1. The molecule has 1 aromatic carbocycles. The van der Waals surface area contributed by atoms with Crippen molar-refractivity contribution in [2.24, 2.45) is 0 Å². The van der Waals surface area contributed by atoms with Gasteiger partial charge in [-0.2, -0.15) is 0 Å². The molecule has 3 heteroatoms. The van der Waals surface area contributed by atoms with E-state index >= 15 is 0 Å². The summed E-state index contributed by atoms with van der Waals surface area (Å²) in [7, 11) is 0. The Labute approximate surface area is 109 Å². The number of benzene rings is 1. The molecule has 2 rings (SSSR count). The van der Waals surface area contributed by atoms with E-state index in [1.54, 1.807) is 0 Å². The maximum Gasteiger partial charge on any atom is 0.119 e. The van der Waals surface area contributed by atoms with Gasteiger partial charge in [0.05, 0.1) is 6.10 Å². The Morgan fingerprint density at radius 3 is 2.89 bits per heavy atom. The first-order valence-electron chi connectivity index (χ1n) is 6.95. The quantitative estimate of drug-likeness (QED) is 0.718. The van der Waals surface area contributed by atoms with Crippen molar-refractivity contribution in [2.45, 2.75) is 31.8 Å². The molecule has 18 heavy (non-hydrogen) atoms. The highest BCUT2D eigenvalue weighted by molar-refractivity contribution is 5.20. The van der Waals surface area contributed by atoms with Gasteiger partial charge in [0.1, 0.15) is 12.4 Å². The minimum Gasteiger partial charge on any atom is -0.492 e. The number of rotatable bonds is 8. The number of para-hydroxylation sites is 1. The molecule has 0 bridgehead atoms. The number of ether oxygens (including phenoxy) is 2. The molecule has 0 saturated carbocycles. The van der Waals surface area contributed by atoms with Crippen molar-refractivity contribution in [3.05, 3.63) is 30.3 Å². The minimum atomic E-state index is 0.521. The Balaban J connectivity index is 1.42. The van der Waals surface area contributed by atoms with Crippen LogP contribution >= 0.6 is 0 Å². The highest BCUT2D eigenvalue weighted by Crippen LogP contribution is 2.16. The van der Waals surface area contributed by atoms with Crippen LogP contribution in [0.1, 0.15) is 25.7 Å². The van der Waals surface area contributed by atoms with Crippen molar-refractivity contribution in [1.82, 2.24) is 5.32 Å². The van der Waals surface area contributed by atoms with Crippen LogP contribution in [-0.2, 0) is 4.74 Å². The standard InChI is InChI=1S/C15H23NO2/c1-2-6-14(7-3-1)18-13-11-16-10-4-8-15-9-5-12-17-15/h1-3,6-7,15-16H,4-5,8-13H2. The fourth-order valence-electron chi connectivity index (χ4n) is 2.21. The highest BCUT2D eigenvalue weighted by atomic mass is 16.5. The summed E-state index contributed by atoms with van der Waals surface area (Å²) in [6.45, 7) is 3.64. The van der Waals surface area contributed by atoms with Crippen LogP contribution in [0.4, 0.5) is 0 Å². The molecule has 1 unspecified atom stereocenters. The Bertz CT molecular complexity index is 310. The Morgan fingerprint density at radius 1 is 1.22 bits per heavy atom. The molecule has 1 saturated heterocycles. The first-order valence-corrected chi connectivity index (χ1v) is 6.95. The lowest BCUT2D eigenvalue weighted by atomic mass is 10.1. The summed E-state index contributed by atoms with van der Waals surface area (Å²) in [5.41, 5.74) is 0. The van der Waals surface area contributed by atoms with E-state index in [4.69, 9.17) is 9.47 Å². The van der Waals surface area contributed by atoms with E-state index in [1.807, 2.05) is 30.3 Å². The lowest BCUT2D eigenvalue weighted by molar-refractivity contribution is 0.102. The van der Waals surface area contributed by atoms with Crippen molar-refractivity contribution >= 4 is 0 Å². The molecule has 3 nitrogen and oxygen atoms in total. The van der Waals surface area contributed by atoms with Gasteiger partial charge in [0.25, 0.3) is 0 Å². The number of nitrogens with one attached hydrogen (secondary N) is 1. The Morgan fingerprint density at radius 2 is 2.11 bits per heavy atom. The zero-order chi connectivity index (χ0) is 12.5. The summed E-state index contributed by atoms with van der Waals surface area (Å²) in [5.74, 6) is 0.943. The molecule has 1 aliphatic rings. The van der Waals surface area contributed by atoms with Gasteiger partial charge in [0, 0.05) is 13.2 Å². The van der Waals surface area contributed by atoms with E-state index in [0.29, 0.717) is 6.10 Å². The van der Waals surface area contributed by atoms with Crippen LogP contribution in [0.2, 0.25) is 0 Å². The third-order valence-electron chi connectivity index (χ3n) is 3.19. The van der Waals surface area contributed by atoms with Crippen LogP contribution in [0.3, 0.4) is 0 Å². The van der Waals surface area contributed by atoms with Crippen molar-refractivity contribution in [1.29, 1.82) is 0 Å². The zero-order valence-electron chi connectivity index (χ0n) is 10.9. The summed E-state index contributed by atoms with van der Waals surface area (Å²) < 4.78 is 11.2. The predicted molar refractivity (Wildman–Crippen MR) is 73.0 cm³/mol. The largest absolute Gasteiger partial charge is 0.492 e. The van der Waals surface area contributed by atoms with E-state index < -0.39 is 0 Å². The minimum absolute atomic E-state index is 0.521. The van der Waals surface area contributed by atoms with E-state index in [0.717, 1.165) is 32.1 Å². The third-order valence-corrected chi connectivity index (χ3v) is 3.19. The predicted octanol–water partition coefficient (Wildman–Crippen LogP) is 2.61. The molecular weight excluding hydrogens is 226 g/mol. The fourth-order valence-corrected chi connectivity index (χ4v) is 2.21. The summed E-state index contributed by atoms with van der Waals surface area (Å²) in [4.78, 5) is 0. The molecule has 0 amide bonds. The summed E-state index contributed by atoms with van der Waals surface area (Å²) in [5, 5.41) is 3.40. The lowest BCUT2D eigenvalue weighted by Crippen LogP contribution is -2.23. The number of hydrogen-bond acceptors (Lipinski definition) is 3. The smallest absolute Gasteiger partial charge is 0.119 e. The zero-order valence-corrected chi connectivity index (χ0v) is 10.9. The van der Waals surface area contributed by atoms with Crippen LogP contribution in [0, 0.1) is 0 Å². The van der Waals surface area contributed by atoms with Crippen molar-refractivity contribution in [3.63, 3.8) is 0 Å². The van der Waals surface area contributed by atoms with E-state index in [9.17, 15) is 0 Å². The molecule has 1 N–H and O–H groups in total. The summed E-state index contributed by atoms with van der Waals surface area (Å²) >= 11 is 0. The SMILES string of the molecule is c1ccc(OCCNCCCC2CCCO2)cc1. The molecule has 1 fully saturated rings. The maximum atomic E-state index is 5.60. The molecule has 0 aliphatic carbocycles. The Hall–Kier alpha value is -1.06. The average molecular weight is 249 g/mol. The molecule has 1 heterocycles. The topological polar surface area (TPSA) is 30.5 Å². The first-order chi connectivity index (χ1) is 8.95. The van der Waals surface area contributed by atoms with Crippen molar-refractivity contribution < 1.29 is 9.47 Å². The molecule has 1 aliphatic heterocycles. The molecule has 0 spiro atoms. The molecular formula is C15H23NO2. The molecule has 1 atom stereocenters. The van der Waals surface area contributed by atoms with Crippen LogP contribution in [-0.4, -0.2) is 32.4 Å². The van der Waals surface area contributed by atoms with Gasteiger partial charge in [-0.1, -0.05) is 18.2 Å². The van der Waals surface area contributed by atoms with E-state index in [2.05, 4.69) is 5.32 Å². The molecule has 1 aromatic rings. The Kier molecular flexibility index (Phi) is 6.03. The van der Waals surface area contributed by atoms with Gasteiger partial charge in [0.15, 0.2) is 0 Å². The van der Waals surface area contributed by atoms with Crippen LogP contribution in [0.15, 0.2) is 30.3 Å². The van der Waals surface area contributed by atoms with Gasteiger partial charge >= 0.3 is 0 Å². The molecule has 100 valence electrons. The van der Waals surface area contributed by atoms with Crippen LogP contribution < -0.4 is 10.1 Å².